The zero-order valence-electron chi connectivity index (χ0n) is 13.6. The van der Waals surface area contributed by atoms with E-state index in [2.05, 4.69) is 33.3 Å². The molecular formula is C18H20N4O. The van der Waals surface area contributed by atoms with Crippen molar-refractivity contribution in [2.75, 3.05) is 0 Å². The second-order valence-electron chi connectivity index (χ2n) is 5.69. The number of nitrogens with zero attached hydrogens (tertiary/aromatic N) is 2. The van der Waals surface area contributed by atoms with E-state index in [0.29, 0.717) is 5.56 Å². The molecule has 3 aromatic rings. The fourth-order valence-electron chi connectivity index (χ4n) is 2.67. The number of imidazole rings is 1. The van der Waals surface area contributed by atoms with Crippen LogP contribution in [0.2, 0.25) is 0 Å². The lowest BCUT2D eigenvalue weighted by atomic mass is 10.0. The Labute approximate surface area is 135 Å². The highest BCUT2D eigenvalue weighted by Crippen LogP contribution is 2.21. The standard InChI is InChI=1S/C18H20N4O/c1-4-13-5-6-16-14(10-13)15(9-11(2)21-16)18(23)22-12(3)17-19-7-8-20-17/h5-10,12H,4H2,1-3H3,(H,19,20)(H,22,23)/t12-/m0/s1. The summed E-state index contributed by atoms with van der Waals surface area (Å²) in [6, 6.07) is 7.74. The van der Waals surface area contributed by atoms with Crippen LogP contribution in [0, 0.1) is 6.92 Å². The molecule has 5 nitrogen and oxygen atoms in total. The summed E-state index contributed by atoms with van der Waals surface area (Å²) >= 11 is 0. The lowest BCUT2D eigenvalue weighted by molar-refractivity contribution is 0.0940. The van der Waals surface area contributed by atoms with Crippen LogP contribution in [0.4, 0.5) is 0 Å². The monoisotopic (exact) mass is 308 g/mol. The number of benzene rings is 1. The maximum atomic E-state index is 12.7. The number of fused-ring (bicyclic) bond motifs is 1. The number of aryl methyl sites for hydroxylation is 2. The van der Waals surface area contributed by atoms with Gasteiger partial charge in [-0.15, -0.1) is 0 Å². The molecule has 0 saturated heterocycles. The Morgan fingerprint density at radius 3 is 2.87 bits per heavy atom. The quantitative estimate of drug-likeness (QED) is 0.776. The Balaban J connectivity index is 1.98. The molecule has 5 heteroatoms. The summed E-state index contributed by atoms with van der Waals surface area (Å²) < 4.78 is 0. The van der Waals surface area contributed by atoms with Gasteiger partial charge in [0.2, 0.25) is 0 Å². The maximum absolute atomic E-state index is 12.7. The van der Waals surface area contributed by atoms with Crippen molar-refractivity contribution in [1.29, 1.82) is 0 Å². The van der Waals surface area contributed by atoms with Crippen molar-refractivity contribution in [2.45, 2.75) is 33.2 Å². The molecule has 2 heterocycles. The zero-order chi connectivity index (χ0) is 16.4. The Kier molecular flexibility index (Phi) is 4.10. The van der Waals surface area contributed by atoms with E-state index in [9.17, 15) is 4.79 Å². The molecule has 0 fully saturated rings. The van der Waals surface area contributed by atoms with Crippen LogP contribution in [-0.2, 0) is 6.42 Å². The summed E-state index contributed by atoms with van der Waals surface area (Å²) in [6.45, 7) is 5.91. The number of carbonyl (C=O) groups is 1. The molecule has 0 spiro atoms. The molecule has 2 N–H and O–H groups in total. The average molecular weight is 308 g/mol. The molecule has 0 aliphatic rings. The Morgan fingerprint density at radius 1 is 1.35 bits per heavy atom. The van der Waals surface area contributed by atoms with Gasteiger partial charge in [0.25, 0.3) is 5.91 Å². The van der Waals surface area contributed by atoms with E-state index in [1.807, 2.05) is 32.0 Å². The molecule has 23 heavy (non-hydrogen) atoms. The molecule has 2 aromatic heterocycles. The Hall–Kier alpha value is -2.69. The molecule has 0 unspecified atom stereocenters. The van der Waals surface area contributed by atoms with E-state index < -0.39 is 0 Å². The first-order valence-corrected chi connectivity index (χ1v) is 7.79. The number of nitrogens with one attached hydrogen (secondary N) is 2. The molecule has 0 aliphatic carbocycles. The second kappa shape index (κ2) is 6.20. The number of amides is 1. The number of pyridine rings is 1. The first-order valence-electron chi connectivity index (χ1n) is 7.79. The van der Waals surface area contributed by atoms with Crippen LogP contribution in [0.15, 0.2) is 36.7 Å². The first-order chi connectivity index (χ1) is 11.1. The minimum absolute atomic E-state index is 0.113. The maximum Gasteiger partial charge on any atom is 0.252 e. The fraction of sp³-hybridized carbons (Fsp3) is 0.278. The van der Waals surface area contributed by atoms with Crippen molar-refractivity contribution in [2.24, 2.45) is 0 Å². The van der Waals surface area contributed by atoms with Gasteiger partial charge in [-0.3, -0.25) is 9.78 Å². The Bertz CT molecular complexity index is 840. The predicted octanol–water partition coefficient (Wildman–Crippen LogP) is 3.32. The largest absolute Gasteiger partial charge is 0.347 e. The van der Waals surface area contributed by atoms with Crippen molar-refractivity contribution in [3.05, 3.63) is 59.3 Å². The number of carbonyl (C=O) groups excluding carboxylic acids is 1. The van der Waals surface area contributed by atoms with Crippen molar-refractivity contribution >= 4 is 16.8 Å². The van der Waals surface area contributed by atoms with E-state index in [1.54, 1.807) is 12.4 Å². The molecular weight excluding hydrogens is 288 g/mol. The number of aromatic nitrogens is 3. The van der Waals surface area contributed by atoms with Crippen molar-refractivity contribution in [3.8, 4) is 0 Å². The van der Waals surface area contributed by atoms with Gasteiger partial charge in [-0.05, 0) is 44.0 Å². The van der Waals surface area contributed by atoms with Crippen molar-refractivity contribution in [3.63, 3.8) is 0 Å². The van der Waals surface area contributed by atoms with Gasteiger partial charge < -0.3 is 10.3 Å². The Morgan fingerprint density at radius 2 is 2.17 bits per heavy atom. The molecule has 1 amide bonds. The lowest BCUT2D eigenvalue weighted by Crippen LogP contribution is -2.27. The zero-order valence-corrected chi connectivity index (χ0v) is 13.6. The minimum Gasteiger partial charge on any atom is -0.347 e. The van der Waals surface area contributed by atoms with Gasteiger partial charge >= 0.3 is 0 Å². The van der Waals surface area contributed by atoms with Crippen LogP contribution in [0.3, 0.4) is 0 Å². The summed E-state index contributed by atoms with van der Waals surface area (Å²) in [6.07, 6.45) is 4.35. The van der Waals surface area contributed by atoms with Gasteiger partial charge in [0, 0.05) is 23.5 Å². The molecule has 118 valence electrons. The topological polar surface area (TPSA) is 70.7 Å². The first kappa shape index (κ1) is 15.2. The van der Waals surface area contributed by atoms with E-state index >= 15 is 0 Å². The van der Waals surface area contributed by atoms with Gasteiger partial charge in [-0.25, -0.2) is 4.98 Å². The third-order valence-corrected chi connectivity index (χ3v) is 3.93. The van der Waals surface area contributed by atoms with Gasteiger partial charge in [0.05, 0.1) is 17.1 Å². The summed E-state index contributed by atoms with van der Waals surface area (Å²) in [7, 11) is 0. The second-order valence-corrected chi connectivity index (χ2v) is 5.69. The molecule has 0 saturated carbocycles. The van der Waals surface area contributed by atoms with E-state index in [4.69, 9.17) is 0 Å². The van der Waals surface area contributed by atoms with Gasteiger partial charge in [0.15, 0.2) is 0 Å². The summed E-state index contributed by atoms with van der Waals surface area (Å²) in [5.41, 5.74) is 3.52. The van der Waals surface area contributed by atoms with Crippen molar-refractivity contribution in [1.82, 2.24) is 20.3 Å². The van der Waals surface area contributed by atoms with Crippen LogP contribution in [-0.4, -0.2) is 20.9 Å². The smallest absolute Gasteiger partial charge is 0.252 e. The third kappa shape index (κ3) is 3.08. The normalized spacial score (nSPS) is 12.3. The highest BCUT2D eigenvalue weighted by molar-refractivity contribution is 6.06. The van der Waals surface area contributed by atoms with Crippen molar-refractivity contribution < 1.29 is 4.79 Å². The van der Waals surface area contributed by atoms with E-state index in [0.717, 1.165) is 28.8 Å². The number of hydrogen-bond donors (Lipinski definition) is 2. The predicted molar refractivity (Wildman–Crippen MR) is 90.3 cm³/mol. The SMILES string of the molecule is CCc1ccc2nc(C)cc(C(=O)N[C@@H](C)c3ncc[nH]3)c2c1. The summed E-state index contributed by atoms with van der Waals surface area (Å²) in [4.78, 5) is 24.5. The molecule has 0 aliphatic heterocycles. The van der Waals surface area contributed by atoms with Crippen LogP contribution in [0.25, 0.3) is 10.9 Å². The third-order valence-electron chi connectivity index (χ3n) is 3.93. The van der Waals surface area contributed by atoms with E-state index in [1.165, 1.54) is 5.56 Å². The number of hydrogen-bond acceptors (Lipinski definition) is 3. The summed E-state index contributed by atoms with van der Waals surface area (Å²) in [5, 5.41) is 3.88. The van der Waals surface area contributed by atoms with Gasteiger partial charge in [-0.2, -0.15) is 0 Å². The molecule has 0 bridgehead atoms. The van der Waals surface area contributed by atoms with Crippen LogP contribution in [0.5, 0.6) is 0 Å². The van der Waals surface area contributed by atoms with Crippen LogP contribution < -0.4 is 5.32 Å². The highest BCUT2D eigenvalue weighted by Gasteiger charge is 2.16. The van der Waals surface area contributed by atoms with E-state index in [-0.39, 0.29) is 11.9 Å². The average Bonchev–Trinajstić information content (AvgIpc) is 3.08. The highest BCUT2D eigenvalue weighted by atomic mass is 16.1. The number of H-pyrrole nitrogens is 1. The molecule has 3 rings (SSSR count). The lowest BCUT2D eigenvalue weighted by Gasteiger charge is -2.14. The number of aromatic amines is 1. The number of rotatable bonds is 4. The van der Waals surface area contributed by atoms with Crippen LogP contribution in [0.1, 0.15) is 47.3 Å². The summed E-state index contributed by atoms with van der Waals surface area (Å²) in [5.74, 6) is 0.625. The van der Waals surface area contributed by atoms with Gasteiger partial charge in [-0.1, -0.05) is 13.0 Å². The fourth-order valence-corrected chi connectivity index (χ4v) is 2.67. The molecule has 1 atom stereocenters. The minimum atomic E-state index is -0.185. The van der Waals surface area contributed by atoms with Gasteiger partial charge in [0.1, 0.15) is 5.82 Å². The van der Waals surface area contributed by atoms with Crippen LogP contribution >= 0.6 is 0 Å². The molecule has 0 radical (unpaired) electrons. The molecule has 1 aromatic carbocycles.